The van der Waals surface area contributed by atoms with Gasteiger partial charge in [0.25, 0.3) is 0 Å². The molecule has 0 radical (unpaired) electrons. The highest BCUT2D eigenvalue weighted by molar-refractivity contribution is 5.12. The first kappa shape index (κ1) is 28.6. The lowest BCUT2D eigenvalue weighted by molar-refractivity contribution is 1.09. The minimum Gasteiger partial charge on any atom is -0.0776 e. The zero-order chi connectivity index (χ0) is 16.9. The molecule has 0 unspecified atom stereocenters. The van der Waals surface area contributed by atoms with E-state index >= 15 is 0 Å². The molecule has 2 aromatic carbocycles. The Bertz CT molecular complexity index is 311. The van der Waals surface area contributed by atoms with Gasteiger partial charge >= 0.3 is 0 Å². The van der Waals surface area contributed by atoms with Gasteiger partial charge in [-0.15, -0.1) is 0 Å². The highest BCUT2D eigenvalue weighted by Crippen LogP contribution is 1.92. The minimum atomic E-state index is 0. The third-order valence-corrected chi connectivity index (χ3v) is 1.88. The van der Waals surface area contributed by atoms with Gasteiger partial charge in [-0.05, 0) is 13.8 Å². The summed E-state index contributed by atoms with van der Waals surface area (Å²) in [4.78, 5) is 0. The van der Waals surface area contributed by atoms with Crippen LogP contribution in [0.1, 0.15) is 66.5 Å². The molecule has 0 aromatic heterocycles. The standard InChI is InChI=1S/2C7H8.C3H8.2C2H6.CH4/c2*1-7-5-3-2-4-6-7;1-3-2;2*1-2;/h2*2-6H,1H3;3H2,1-2H3;2*1-2H3;1H4. The number of benzene rings is 2. The molecule has 0 amide bonds. The third-order valence-electron chi connectivity index (χ3n) is 1.88. The summed E-state index contributed by atoms with van der Waals surface area (Å²) in [7, 11) is 0. The average Bonchev–Trinajstić information content (AvgIpc) is 2.54. The molecule has 0 bridgehead atoms. The second-order valence-corrected chi connectivity index (χ2v) is 4.02. The molecule has 128 valence electrons. The van der Waals surface area contributed by atoms with Crippen molar-refractivity contribution < 1.29 is 0 Å². The fourth-order valence-electron chi connectivity index (χ4n) is 1.07. The summed E-state index contributed by atoms with van der Waals surface area (Å²) < 4.78 is 0. The summed E-state index contributed by atoms with van der Waals surface area (Å²) in [5.41, 5.74) is 2.64. The van der Waals surface area contributed by atoms with Crippen molar-refractivity contribution in [1.82, 2.24) is 0 Å². The molecule has 22 heavy (non-hydrogen) atoms. The van der Waals surface area contributed by atoms with Crippen LogP contribution in [-0.4, -0.2) is 0 Å². The van der Waals surface area contributed by atoms with E-state index in [0.29, 0.717) is 0 Å². The van der Waals surface area contributed by atoms with Crippen LogP contribution in [-0.2, 0) is 0 Å². The smallest absolute Gasteiger partial charge is 0.0398 e. The second-order valence-electron chi connectivity index (χ2n) is 4.02. The van der Waals surface area contributed by atoms with Gasteiger partial charge in [0.15, 0.2) is 0 Å². The molecule has 0 aliphatic carbocycles. The van der Waals surface area contributed by atoms with E-state index < -0.39 is 0 Å². The van der Waals surface area contributed by atoms with Crippen LogP contribution in [0.2, 0.25) is 0 Å². The molecule has 0 fully saturated rings. The fraction of sp³-hybridized carbons (Fsp3) is 0.455. The SMILES string of the molecule is C.CC.CC.CCC.Cc1ccccc1.Cc1ccccc1. The van der Waals surface area contributed by atoms with E-state index in [1.807, 2.05) is 64.1 Å². The summed E-state index contributed by atoms with van der Waals surface area (Å²) in [6.07, 6.45) is 1.25. The van der Waals surface area contributed by atoms with E-state index in [2.05, 4.69) is 52.0 Å². The monoisotopic (exact) mass is 304 g/mol. The van der Waals surface area contributed by atoms with Gasteiger partial charge in [0, 0.05) is 0 Å². The Morgan fingerprint density at radius 2 is 0.727 bits per heavy atom. The number of rotatable bonds is 0. The first-order valence-corrected chi connectivity index (χ1v) is 8.24. The number of hydrogen-bond acceptors (Lipinski definition) is 0. The number of hydrogen-bond donors (Lipinski definition) is 0. The Hall–Kier alpha value is -1.56. The first-order chi connectivity index (χ1) is 10.2. The van der Waals surface area contributed by atoms with Crippen molar-refractivity contribution in [2.24, 2.45) is 0 Å². The molecule has 0 spiro atoms. The van der Waals surface area contributed by atoms with E-state index in [1.54, 1.807) is 0 Å². The molecule has 0 saturated heterocycles. The van der Waals surface area contributed by atoms with Gasteiger partial charge in [-0.2, -0.15) is 0 Å². The lowest BCUT2D eigenvalue weighted by Gasteiger charge is -1.82. The molecule has 2 aromatic rings. The van der Waals surface area contributed by atoms with Crippen LogP contribution >= 0.6 is 0 Å². The third kappa shape index (κ3) is 26.9. The Morgan fingerprint density at radius 3 is 0.818 bits per heavy atom. The Balaban J connectivity index is -0.000000102. The van der Waals surface area contributed by atoms with Crippen molar-refractivity contribution in [1.29, 1.82) is 0 Å². The lowest BCUT2D eigenvalue weighted by Crippen LogP contribution is -1.62. The Kier molecular flexibility index (Phi) is 36.0. The second kappa shape index (κ2) is 27.7. The van der Waals surface area contributed by atoms with Gasteiger partial charge in [0.1, 0.15) is 0 Å². The van der Waals surface area contributed by atoms with Gasteiger partial charge in [0.05, 0.1) is 0 Å². The maximum Gasteiger partial charge on any atom is -0.0398 e. The largest absolute Gasteiger partial charge is 0.0776 e. The zero-order valence-electron chi connectivity index (χ0n) is 15.5. The van der Waals surface area contributed by atoms with Crippen LogP contribution in [0.3, 0.4) is 0 Å². The molecule has 0 aliphatic heterocycles. The van der Waals surface area contributed by atoms with Crippen LogP contribution in [0, 0.1) is 13.8 Å². The summed E-state index contributed by atoms with van der Waals surface area (Å²) in [6.45, 7) is 16.4. The number of aryl methyl sites for hydroxylation is 2. The van der Waals surface area contributed by atoms with Gasteiger partial charge in [-0.1, -0.05) is 127 Å². The van der Waals surface area contributed by atoms with E-state index in [4.69, 9.17) is 0 Å². The zero-order valence-corrected chi connectivity index (χ0v) is 15.5. The predicted octanol–water partition coefficient (Wildman–Crippen LogP) is 8.09. The molecule has 0 atom stereocenters. The molecule has 0 nitrogen and oxygen atoms in total. The summed E-state index contributed by atoms with van der Waals surface area (Å²) in [5.74, 6) is 0. The van der Waals surface area contributed by atoms with Crippen molar-refractivity contribution >= 4 is 0 Å². The maximum absolute atomic E-state index is 2.12. The molecular formula is C22H40. The van der Waals surface area contributed by atoms with Crippen molar-refractivity contribution in [3.63, 3.8) is 0 Å². The van der Waals surface area contributed by atoms with Crippen molar-refractivity contribution in [3.05, 3.63) is 71.8 Å². The molecule has 0 heteroatoms. The predicted molar refractivity (Wildman–Crippen MR) is 108 cm³/mol. The van der Waals surface area contributed by atoms with Crippen LogP contribution in [0.5, 0.6) is 0 Å². The van der Waals surface area contributed by atoms with Crippen molar-refractivity contribution in [3.8, 4) is 0 Å². The maximum atomic E-state index is 2.12. The van der Waals surface area contributed by atoms with Crippen molar-refractivity contribution in [2.45, 2.75) is 69.2 Å². The van der Waals surface area contributed by atoms with Crippen LogP contribution in [0.4, 0.5) is 0 Å². The van der Waals surface area contributed by atoms with Crippen LogP contribution in [0.25, 0.3) is 0 Å². The highest BCUT2D eigenvalue weighted by Gasteiger charge is 1.72. The minimum absolute atomic E-state index is 0. The van der Waals surface area contributed by atoms with Gasteiger partial charge in [-0.3, -0.25) is 0 Å². The highest BCUT2D eigenvalue weighted by atomic mass is 13.8. The van der Waals surface area contributed by atoms with Gasteiger partial charge < -0.3 is 0 Å². The molecular weight excluding hydrogens is 264 g/mol. The van der Waals surface area contributed by atoms with E-state index in [9.17, 15) is 0 Å². The first-order valence-electron chi connectivity index (χ1n) is 8.24. The average molecular weight is 305 g/mol. The Morgan fingerprint density at radius 1 is 0.545 bits per heavy atom. The van der Waals surface area contributed by atoms with Crippen LogP contribution in [0.15, 0.2) is 60.7 Å². The van der Waals surface area contributed by atoms with Crippen molar-refractivity contribution in [2.75, 3.05) is 0 Å². The molecule has 0 aliphatic rings. The molecule has 2 rings (SSSR count). The lowest BCUT2D eigenvalue weighted by atomic mass is 10.2. The Labute approximate surface area is 141 Å². The van der Waals surface area contributed by atoms with E-state index in [1.165, 1.54) is 17.5 Å². The molecule has 0 heterocycles. The summed E-state index contributed by atoms with van der Waals surface area (Å²) in [6, 6.07) is 20.5. The topological polar surface area (TPSA) is 0 Å². The van der Waals surface area contributed by atoms with E-state index in [0.717, 1.165) is 0 Å². The quantitative estimate of drug-likeness (QED) is 0.461. The summed E-state index contributed by atoms with van der Waals surface area (Å²) in [5, 5.41) is 0. The normalized spacial score (nSPS) is 6.91. The molecule has 0 N–H and O–H groups in total. The van der Waals surface area contributed by atoms with Gasteiger partial charge in [0.2, 0.25) is 0 Å². The van der Waals surface area contributed by atoms with E-state index in [-0.39, 0.29) is 7.43 Å². The van der Waals surface area contributed by atoms with Gasteiger partial charge in [-0.25, -0.2) is 0 Å². The summed E-state index contributed by atoms with van der Waals surface area (Å²) >= 11 is 0. The van der Waals surface area contributed by atoms with Crippen LogP contribution < -0.4 is 0 Å². The fourth-order valence-corrected chi connectivity index (χ4v) is 1.07. The molecule has 0 saturated carbocycles.